The third-order valence-electron chi connectivity index (χ3n) is 5.09. The van der Waals surface area contributed by atoms with Crippen molar-refractivity contribution in [1.82, 2.24) is 0 Å². The maximum absolute atomic E-state index is 12.4. The van der Waals surface area contributed by atoms with Gasteiger partial charge in [-0.15, -0.1) is 0 Å². The number of fused-ring (bicyclic) bond motifs is 1. The zero-order chi connectivity index (χ0) is 15.6. The van der Waals surface area contributed by atoms with Gasteiger partial charge in [0.05, 0.1) is 6.42 Å². The zero-order valence-electron chi connectivity index (χ0n) is 11.6. The fourth-order valence-corrected chi connectivity index (χ4v) is 4.22. The number of allylic oxidation sites excluding steroid dienone is 1. The highest BCUT2D eigenvalue weighted by molar-refractivity contribution is 5.96. The Labute approximate surface area is 125 Å². The minimum absolute atomic E-state index is 0.0425. The number of hydrogen-bond acceptors (Lipinski definition) is 6. The molecular weight excluding hydrogens is 292 g/mol. The van der Waals surface area contributed by atoms with Crippen LogP contribution in [0.3, 0.4) is 0 Å². The van der Waals surface area contributed by atoms with E-state index in [1.807, 2.05) is 6.08 Å². The Morgan fingerprint density at radius 3 is 2.86 bits per heavy atom. The Kier molecular flexibility index (Phi) is 2.57. The first kappa shape index (κ1) is 13.5. The molecule has 0 aromatic carbocycles. The van der Waals surface area contributed by atoms with Crippen LogP contribution < -0.4 is 0 Å². The molecule has 0 spiro atoms. The van der Waals surface area contributed by atoms with E-state index in [0.29, 0.717) is 29.6 Å². The first-order valence-electron chi connectivity index (χ1n) is 7.19. The van der Waals surface area contributed by atoms with Gasteiger partial charge in [0.2, 0.25) is 6.29 Å². The molecule has 4 rings (SSSR count). The molecule has 2 heterocycles. The first-order valence-corrected chi connectivity index (χ1v) is 7.19. The molecule has 0 aromatic heterocycles. The van der Waals surface area contributed by atoms with Gasteiger partial charge in [-0.25, -0.2) is 4.79 Å². The van der Waals surface area contributed by atoms with E-state index in [2.05, 4.69) is 0 Å². The summed E-state index contributed by atoms with van der Waals surface area (Å²) in [7, 11) is 0. The predicted octanol–water partition coefficient (Wildman–Crippen LogP) is 0.285. The van der Waals surface area contributed by atoms with E-state index in [1.54, 1.807) is 0 Å². The van der Waals surface area contributed by atoms with Crippen molar-refractivity contribution in [3.63, 3.8) is 0 Å². The highest BCUT2D eigenvalue weighted by atomic mass is 16.6. The summed E-state index contributed by atoms with van der Waals surface area (Å²) in [5, 5.41) is 19.2. The van der Waals surface area contributed by atoms with Gasteiger partial charge in [0.1, 0.15) is 11.5 Å². The molecule has 2 aliphatic carbocycles. The van der Waals surface area contributed by atoms with Crippen molar-refractivity contribution < 1.29 is 34.1 Å². The topological polar surface area (TPSA) is 110 Å². The summed E-state index contributed by atoms with van der Waals surface area (Å²) in [5.41, 5.74) is 0.0120. The summed E-state index contributed by atoms with van der Waals surface area (Å²) in [5.74, 6) is -2.66. The lowest BCUT2D eigenvalue weighted by atomic mass is 9.71. The summed E-state index contributed by atoms with van der Waals surface area (Å²) in [6.45, 7) is 0. The number of cyclic esters (lactones) is 1. The Balaban J connectivity index is 1.93. The Morgan fingerprint density at radius 2 is 2.14 bits per heavy atom. The molecule has 4 bridgehead atoms. The first-order chi connectivity index (χ1) is 10.4. The molecule has 22 heavy (non-hydrogen) atoms. The van der Waals surface area contributed by atoms with E-state index >= 15 is 0 Å². The number of carbonyl (C=O) groups is 3. The molecular formula is C15H14O7. The second-order valence-corrected chi connectivity index (χ2v) is 6.20. The van der Waals surface area contributed by atoms with Crippen LogP contribution in [0, 0.1) is 11.3 Å². The minimum Gasteiger partial charge on any atom is -0.481 e. The number of rotatable bonds is 2. The summed E-state index contributed by atoms with van der Waals surface area (Å²) >= 11 is 0. The largest absolute Gasteiger partial charge is 0.481 e. The van der Waals surface area contributed by atoms with Gasteiger partial charge in [-0.05, 0) is 24.8 Å². The average Bonchev–Trinajstić information content (AvgIpc) is 2.83. The van der Waals surface area contributed by atoms with Gasteiger partial charge in [0, 0.05) is 17.1 Å². The molecule has 4 aliphatic rings. The molecule has 0 amide bonds. The Bertz CT molecular complexity index is 673. The number of carbonyl (C=O) groups excluding carboxylic acids is 2. The maximum Gasteiger partial charge on any atom is 0.337 e. The molecule has 0 saturated carbocycles. The van der Waals surface area contributed by atoms with Crippen LogP contribution in [0.15, 0.2) is 22.8 Å². The van der Waals surface area contributed by atoms with E-state index in [-0.39, 0.29) is 12.3 Å². The Hall–Kier alpha value is -2.15. The van der Waals surface area contributed by atoms with Crippen molar-refractivity contribution >= 4 is 17.9 Å². The van der Waals surface area contributed by atoms with E-state index in [0.717, 1.165) is 0 Å². The molecule has 7 heteroatoms. The van der Waals surface area contributed by atoms with Crippen LogP contribution in [-0.4, -0.2) is 40.5 Å². The second kappa shape index (κ2) is 4.19. The van der Waals surface area contributed by atoms with Crippen LogP contribution in [-0.2, 0) is 23.9 Å². The number of ether oxygens (including phenoxy) is 2. The van der Waals surface area contributed by atoms with Gasteiger partial charge >= 0.3 is 17.9 Å². The smallest absolute Gasteiger partial charge is 0.337 e. The molecule has 116 valence electrons. The summed E-state index contributed by atoms with van der Waals surface area (Å²) < 4.78 is 10.3. The summed E-state index contributed by atoms with van der Waals surface area (Å²) in [4.78, 5) is 35.8. The Morgan fingerprint density at radius 1 is 1.36 bits per heavy atom. The van der Waals surface area contributed by atoms with Gasteiger partial charge < -0.3 is 19.7 Å². The van der Waals surface area contributed by atoms with Crippen molar-refractivity contribution in [3.8, 4) is 0 Å². The van der Waals surface area contributed by atoms with Crippen molar-refractivity contribution in [3.05, 3.63) is 22.8 Å². The number of aliphatic hydroxyl groups excluding tert-OH is 1. The van der Waals surface area contributed by atoms with E-state index in [4.69, 9.17) is 9.47 Å². The quantitative estimate of drug-likeness (QED) is 0.557. The molecule has 1 fully saturated rings. The number of carboxylic acid groups (broad SMARTS) is 1. The highest BCUT2D eigenvalue weighted by Crippen LogP contribution is 2.57. The molecule has 0 radical (unpaired) electrons. The molecule has 2 unspecified atom stereocenters. The lowest BCUT2D eigenvalue weighted by Crippen LogP contribution is -2.33. The monoisotopic (exact) mass is 306 g/mol. The van der Waals surface area contributed by atoms with Crippen LogP contribution in [0.5, 0.6) is 0 Å². The van der Waals surface area contributed by atoms with Crippen LogP contribution in [0.25, 0.3) is 0 Å². The molecule has 0 aromatic rings. The average molecular weight is 306 g/mol. The fraction of sp³-hybridized carbons (Fsp3) is 0.533. The van der Waals surface area contributed by atoms with Crippen LogP contribution in [0.1, 0.15) is 25.7 Å². The van der Waals surface area contributed by atoms with Crippen molar-refractivity contribution in [2.75, 3.05) is 0 Å². The third kappa shape index (κ3) is 1.51. The highest BCUT2D eigenvalue weighted by Gasteiger charge is 2.62. The summed E-state index contributed by atoms with van der Waals surface area (Å²) in [6, 6.07) is 0. The number of aliphatic carboxylic acids is 1. The van der Waals surface area contributed by atoms with E-state index in [1.165, 1.54) is 0 Å². The molecule has 7 nitrogen and oxygen atoms in total. The number of hydrogen-bond donors (Lipinski definition) is 2. The van der Waals surface area contributed by atoms with Crippen molar-refractivity contribution in [1.29, 1.82) is 0 Å². The lowest BCUT2D eigenvalue weighted by Gasteiger charge is -2.28. The predicted molar refractivity (Wildman–Crippen MR) is 69.1 cm³/mol. The molecule has 2 aliphatic heterocycles. The fourth-order valence-electron chi connectivity index (χ4n) is 4.22. The summed E-state index contributed by atoms with van der Waals surface area (Å²) in [6.07, 6.45) is 0.611. The lowest BCUT2D eigenvalue weighted by molar-refractivity contribution is -0.154. The van der Waals surface area contributed by atoms with Gasteiger partial charge in [-0.2, -0.15) is 0 Å². The van der Waals surface area contributed by atoms with Gasteiger partial charge in [0.15, 0.2) is 0 Å². The number of aliphatic hydroxyl groups is 1. The zero-order valence-corrected chi connectivity index (χ0v) is 11.6. The van der Waals surface area contributed by atoms with E-state index < -0.39 is 42.1 Å². The maximum atomic E-state index is 12.4. The standard InChI is InChI=1S/C15H14O7/c16-9(17)5-15-4-7-10(13(19)22-12(7)18)6-2-1-3-8(15)11(6)21-14(15)20/h3,6,11-12,18H,1-2,4-5H2,(H,16,17)/t6-,11?,12?,15+/m1/s1. The van der Waals surface area contributed by atoms with Crippen LogP contribution in [0.4, 0.5) is 0 Å². The third-order valence-corrected chi connectivity index (χ3v) is 5.09. The van der Waals surface area contributed by atoms with Gasteiger partial charge in [0.25, 0.3) is 0 Å². The van der Waals surface area contributed by atoms with Crippen LogP contribution >= 0.6 is 0 Å². The molecule has 1 saturated heterocycles. The number of carboxylic acids is 1. The number of esters is 2. The molecule has 4 atom stereocenters. The van der Waals surface area contributed by atoms with Gasteiger partial charge in [-0.3, -0.25) is 9.59 Å². The SMILES string of the molecule is O=C(O)C[C@@]12CC3=C(C(=O)OC3O)[C@H]3CCC=C1C3OC2=O. The van der Waals surface area contributed by atoms with Crippen LogP contribution in [0.2, 0.25) is 0 Å². The van der Waals surface area contributed by atoms with Crippen molar-refractivity contribution in [2.24, 2.45) is 11.3 Å². The van der Waals surface area contributed by atoms with Crippen molar-refractivity contribution in [2.45, 2.75) is 38.1 Å². The molecule has 2 N–H and O–H groups in total. The second-order valence-electron chi connectivity index (χ2n) is 6.20. The van der Waals surface area contributed by atoms with E-state index in [9.17, 15) is 24.6 Å². The minimum atomic E-state index is -1.40. The normalized spacial score (nSPS) is 39.0. The van der Waals surface area contributed by atoms with Gasteiger partial charge in [-0.1, -0.05) is 6.08 Å².